The van der Waals surface area contributed by atoms with Crippen LogP contribution >= 0.6 is 11.3 Å². The summed E-state index contributed by atoms with van der Waals surface area (Å²) < 4.78 is 7.46. The molecule has 0 aliphatic carbocycles. The van der Waals surface area contributed by atoms with Gasteiger partial charge in [-0.05, 0) is 42.5 Å². The summed E-state index contributed by atoms with van der Waals surface area (Å²) in [4.78, 5) is 45.0. The lowest BCUT2D eigenvalue weighted by Gasteiger charge is -2.08. The van der Waals surface area contributed by atoms with Crippen LogP contribution in [0.15, 0.2) is 82.4 Å². The summed E-state index contributed by atoms with van der Waals surface area (Å²) >= 11 is 1.46. The zero-order valence-corrected chi connectivity index (χ0v) is 16.9. The Bertz CT molecular complexity index is 1520. The van der Waals surface area contributed by atoms with Crippen LogP contribution in [0.1, 0.15) is 15.4 Å². The maximum absolute atomic E-state index is 12.8. The van der Waals surface area contributed by atoms with Gasteiger partial charge in [0.15, 0.2) is 0 Å². The van der Waals surface area contributed by atoms with Crippen LogP contribution in [0, 0.1) is 0 Å². The fourth-order valence-corrected chi connectivity index (χ4v) is 4.23. The fourth-order valence-electron chi connectivity index (χ4n) is 3.35. The highest BCUT2D eigenvalue weighted by atomic mass is 32.1. The Labute approximate surface area is 179 Å². The van der Waals surface area contributed by atoms with Crippen molar-refractivity contribution in [1.82, 2.24) is 14.5 Å². The molecule has 3 aromatic carbocycles. The molecule has 0 bridgehead atoms. The van der Waals surface area contributed by atoms with E-state index in [9.17, 15) is 14.4 Å². The van der Waals surface area contributed by atoms with Crippen molar-refractivity contribution < 1.29 is 9.53 Å². The van der Waals surface area contributed by atoms with Gasteiger partial charge < -0.3 is 9.72 Å². The number of hydrogen-bond acceptors (Lipinski definition) is 6. The zero-order chi connectivity index (χ0) is 21.4. The van der Waals surface area contributed by atoms with Crippen LogP contribution < -0.4 is 11.2 Å². The van der Waals surface area contributed by atoms with Crippen LogP contribution in [-0.4, -0.2) is 20.5 Å². The Morgan fingerprint density at radius 3 is 2.58 bits per heavy atom. The number of aromatic amines is 1. The largest absolute Gasteiger partial charge is 0.455 e. The molecule has 31 heavy (non-hydrogen) atoms. The second-order valence-electron chi connectivity index (χ2n) is 6.82. The van der Waals surface area contributed by atoms with Gasteiger partial charge in [-0.1, -0.05) is 30.3 Å². The van der Waals surface area contributed by atoms with Crippen LogP contribution in [-0.2, 0) is 11.3 Å². The quantitative estimate of drug-likeness (QED) is 0.440. The molecule has 0 spiro atoms. The minimum atomic E-state index is -0.580. The van der Waals surface area contributed by atoms with E-state index in [1.165, 1.54) is 29.5 Å². The lowest BCUT2D eigenvalue weighted by Crippen LogP contribution is -2.33. The minimum absolute atomic E-state index is 0.0440. The minimum Gasteiger partial charge on any atom is -0.455 e. The number of H-pyrrole nitrogens is 1. The molecule has 8 heteroatoms. The fraction of sp³-hybridized carbons (Fsp3) is 0.0435. The molecule has 0 fully saturated rings. The first-order valence-electron chi connectivity index (χ1n) is 9.46. The normalized spacial score (nSPS) is 11.1. The van der Waals surface area contributed by atoms with E-state index in [0.29, 0.717) is 16.1 Å². The molecule has 2 aromatic heterocycles. The molecule has 0 saturated carbocycles. The molecule has 7 nitrogen and oxygen atoms in total. The van der Waals surface area contributed by atoms with Crippen molar-refractivity contribution in [3.8, 4) is 5.69 Å². The average molecular weight is 429 g/mol. The lowest BCUT2D eigenvalue weighted by atomic mass is 10.1. The number of nitrogens with one attached hydrogen (secondary N) is 1. The van der Waals surface area contributed by atoms with E-state index in [0.717, 1.165) is 14.8 Å². The van der Waals surface area contributed by atoms with E-state index in [-0.39, 0.29) is 17.7 Å². The summed E-state index contributed by atoms with van der Waals surface area (Å²) in [6.45, 7) is 0.0440. The Morgan fingerprint density at radius 1 is 1.00 bits per heavy atom. The number of aromatic nitrogens is 3. The first-order valence-corrected chi connectivity index (χ1v) is 10.3. The summed E-state index contributed by atoms with van der Waals surface area (Å²) in [6.07, 6.45) is 0. The third-order valence-corrected chi connectivity index (χ3v) is 5.82. The highest BCUT2D eigenvalue weighted by Crippen LogP contribution is 2.22. The third-order valence-electron chi connectivity index (χ3n) is 4.81. The third kappa shape index (κ3) is 3.53. The molecular weight excluding hydrogens is 414 g/mol. The van der Waals surface area contributed by atoms with Crippen molar-refractivity contribution >= 4 is 38.4 Å². The number of carbonyl (C=O) groups excluding carboxylic acids is 1. The van der Waals surface area contributed by atoms with Crippen molar-refractivity contribution in [1.29, 1.82) is 0 Å². The number of esters is 1. The van der Waals surface area contributed by atoms with E-state index < -0.39 is 17.2 Å². The van der Waals surface area contributed by atoms with Gasteiger partial charge in [0.25, 0.3) is 5.56 Å². The number of para-hydroxylation sites is 2. The Kier molecular flexibility index (Phi) is 4.68. The summed E-state index contributed by atoms with van der Waals surface area (Å²) in [5.74, 6) is -0.561. The van der Waals surface area contributed by atoms with Crippen molar-refractivity contribution in [2.45, 2.75) is 6.61 Å². The maximum atomic E-state index is 12.8. The van der Waals surface area contributed by atoms with Gasteiger partial charge >= 0.3 is 11.7 Å². The highest BCUT2D eigenvalue weighted by molar-refractivity contribution is 7.18. The van der Waals surface area contributed by atoms with Gasteiger partial charge in [0.05, 0.1) is 32.4 Å². The first kappa shape index (κ1) is 19.0. The van der Waals surface area contributed by atoms with Crippen molar-refractivity contribution in [3.05, 3.63) is 104 Å². The monoisotopic (exact) mass is 429 g/mol. The Hall–Kier alpha value is -4.04. The van der Waals surface area contributed by atoms with Gasteiger partial charge in [0.2, 0.25) is 0 Å². The number of carbonyl (C=O) groups is 1. The van der Waals surface area contributed by atoms with Crippen molar-refractivity contribution in [2.75, 3.05) is 0 Å². The zero-order valence-electron chi connectivity index (χ0n) is 16.1. The number of thiazole rings is 1. The second kappa shape index (κ2) is 7.66. The molecule has 0 aliphatic rings. The van der Waals surface area contributed by atoms with E-state index in [1.807, 2.05) is 24.3 Å². The smallest absolute Gasteiger partial charge is 0.338 e. The van der Waals surface area contributed by atoms with Crippen molar-refractivity contribution in [3.63, 3.8) is 0 Å². The van der Waals surface area contributed by atoms with E-state index >= 15 is 0 Å². The molecule has 5 aromatic rings. The maximum Gasteiger partial charge on any atom is 0.338 e. The molecule has 152 valence electrons. The van der Waals surface area contributed by atoms with Gasteiger partial charge in [-0.2, -0.15) is 0 Å². The topological polar surface area (TPSA) is 94.0 Å². The number of ether oxygens (including phenoxy) is 1. The van der Waals surface area contributed by atoms with Crippen LogP contribution in [0.2, 0.25) is 0 Å². The number of rotatable bonds is 4. The van der Waals surface area contributed by atoms with Gasteiger partial charge in [-0.3, -0.25) is 4.79 Å². The van der Waals surface area contributed by atoms with Gasteiger partial charge in [-0.15, -0.1) is 11.3 Å². The van der Waals surface area contributed by atoms with E-state index in [1.54, 1.807) is 30.3 Å². The second-order valence-corrected chi connectivity index (χ2v) is 7.93. The SMILES string of the molecule is O=C(OCc1nc2ccccc2s1)c1ccc2c(=O)n(-c3ccccc3)c(=O)[nH]c2c1. The summed E-state index contributed by atoms with van der Waals surface area (Å²) in [7, 11) is 0. The molecule has 0 atom stereocenters. The van der Waals surface area contributed by atoms with Gasteiger partial charge in [-0.25, -0.2) is 19.1 Å². The summed E-state index contributed by atoms with van der Waals surface area (Å²) in [5.41, 5.74) is 0.798. The molecular formula is C23H15N3O4S. The van der Waals surface area contributed by atoms with Gasteiger partial charge in [0.1, 0.15) is 11.6 Å². The molecule has 0 unspecified atom stereocenters. The molecule has 0 saturated heterocycles. The van der Waals surface area contributed by atoms with Crippen molar-refractivity contribution in [2.24, 2.45) is 0 Å². The first-order chi connectivity index (χ1) is 15.1. The number of nitrogens with zero attached hydrogens (tertiary/aromatic N) is 2. The predicted molar refractivity (Wildman–Crippen MR) is 119 cm³/mol. The molecule has 5 rings (SSSR count). The molecule has 2 heterocycles. The Balaban J connectivity index is 1.43. The molecule has 1 N–H and O–H groups in total. The average Bonchev–Trinajstić information content (AvgIpc) is 3.21. The number of hydrogen-bond donors (Lipinski definition) is 1. The van der Waals surface area contributed by atoms with Gasteiger partial charge in [0, 0.05) is 0 Å². The molecule has 0 amide bonds. The molecule has 0 aliphatic heterocycles. The summed E-state index contributed by atoms with van der Waals surface area (Å²) in [5, 5.41) is 0.987. The summed E-state index contributed by atoms with van der Waals surface area (Å²) in [6, 6.07) is 20.8. The highest BCUT2D eigenvalue weighted by Gasteiger charge is 2.14. The van der Waals surface area contributed by atoms with Crippen LogP contribution in [0.5, 0.6) is 0 Å². The Morgan fingerprint density at radius 2 is 1.77 bits per heavy atom. The van der Waals surface area contributed by atoms with E-state index in [4.69, 9.17) is 4.74 Å². The van der Waals surface area contributed by atoms with Crippen LogP contribution in [0.3, 0.4) is 0 Å². The van der Waals surface area contributed by atoms with E-state index in [2.05, 4.69) is 9.97 Å². The standard InChI is InChI=1S/C23H15N3O4S/c27-21-16-11-10-14(12-18(16)25-23(29)26(21)15-6-2-1-3-7-15)22(28)30-13-20-24-17-8-4-5-9-19(17)31-20/h1-12H,13H2,(H,25,29). The van der Waals surface area contributed by atoms with Crippen LogP contribution in [0.4, 0.5) is 0 Å². The molecule has 0 radical (unpaired) electrons. The predicted octanol–water partition coefficient (Wildman–Crippen LogP) is 3.65. The van der Waals surface area contributed by atoms with Crippen LogP contribution in [0.25, 0.3) is 26.8 Å². The number of fused-ring (bicyclic) bond motifs is 2. The lowest BCUT2D eigenvalue weighted by molar-refractivity contribution is 0.0473. The number of benzene rings is 3.